The Morgan fingerprint density at radius 3 is 2.39 bits per heavy atom. The molecule has 0 spiro atoms. The van der Waals surface area contributed by atoms with Crippen LogP contribution in [-0.4, -0.2) is 30.9 Å². The molecule has 0 amide bonds. The summed E-state index contributed by atoms with van der Waals surface area (Å²) >= 11 is 5.93. The van der Waals surface area contributed by atoms with Gasteiger partial charge < -0.3 is 10.2 Å². The molecule has 7 heteroatoms. The van der Waals surface area contributed by atoms with E-state index in [0.717, 1.165) is 0 Å². The maximum absolute atomic E-state index is 11.9. The highest BCUT2D eigenvalue weighted by Crippen LogP contribution is 2.48. The summed E-state index contributed by atoms with van der Waals surface area (Å²) in [6.07, 6.45) is 3.31. The van der Waals surface area contributed by atoms with Gasteiger partial charge in [0.05, 0.1) is 11.5 Å². The molecular formula is C16H20ClN3O3. The van der Waals surface area contributed by atoms with E-state index < -0.39 is 23.0 Å². The van der Waals surface area contributed by atoms with Gasteiger partial charge in [-0.2, -0.15) is 5.10 Å². The van der Waals surface area contributed by atoms with E-state index >= 15 is 0 Å². The topological polar surface area (TPSA) is 88.2 Å². The third-order valence-electron chi connectivity index (χ3n) is 4.40. The van der Waals surface area contributed by atoms with Gasteiger partial charge in [0.2, 0.25) is 0 Å². The van der Waals surface area contributed by atoms with Gasteiger partial charge in [-0.05, 0) is 38.0 Å². The molecule has 124 valence electrons. The molecule has 1 heterocycles. The molecule has 1 aromatic carbocycles. The number of rotatable bonds is 6. The van der Waals surface area contributed by atoms with E-state index in [1.165, 1.54) is 31.2 Å². The van der Waals surface area contributed by atoms with Gasteiger partial charge in [-0.1, -0.05) is 30.7 Å². The van der Waals surface area contributed by atoms with Crippen LogP contribution in [0.25, 0.3) is 0 Å². The van der Waals surface area contributed by atoms with Crippen molar-refractivity contribution in [2.75, 3.05) is 0 Å². The number of carbonyl (C=O) groups is 1. The van der Waals surface area contributed by atoms with Gasteiger partial charge in [-0.15, -0.1) is 0 Å². The molecule has 0 aliphatic carbocycles. The summed E-state index contributed by atoms with van der Waals surface area (Å²) in [5, 5.41) is 25.9. The van der Waals surface area contributed by atoms with Crippen molar-refractivity contribution in [2.24, 2.45) is 5.41 Å². The number of carboxylic acids is 1. The quantitative estimate of drug-likeness (QED) is 0.846. The van der Waals surface area contributed by atoms with Crippen LogP contribution in [0.3, 0.4) is 0 Å². The molecule has 2 atom stereocenters. The third-order valence-corrected chi connectivity index (χ3v) is 4.65. The molecule has 2 aromatic rings. The Morgan fingerprint density at radius 2 is 1.96 bits per heavy atom. The van der Waals surface area contributed by atoms with E-state index in [-0.39, 0.29) is 0 Å². The minimum Gasteiger partial charge on any atom is -0.481 e. The molecule has 0 saturated carbocycles. The Labute approximate surface area is 139 Å². The van der Waals surface area contributed by atoms with Crippen LogP contribution in [-0.2, 0) is 10.4 Å². The number of benzene rings is 1. The molecule has 2 N–H and O–H groups in total. The molecule has 2 unspecified atom stereocenters. The van der Waals surface area contributed by atoms with Crippen LogP contribution in [0.2, 0.25) is 5.02 Å². The summed E-state index contributed by atoms with van der Waals surface area (Å²) in [6, 6.07) is 5.96. The first kappa shape index (κ1) is 17.4. The SMILES string of the molecule is CCC(n1cncn1)C(O)(c1ccc(Cl)cc1)C(C)(C)C(=O)O. The first-order valence-electron chi connectivity index (χ1n) is 7.31. The second-order valence-electron chi connectivity index (χ2n) is 6.00. The summed E-state index contributed by atoms with van der Waals surface area (Å²) in [6.45, 7) is 4.87. The number of carboxylic acid groups (broad SMARTS) is 1. The number of nitrogens with zero attached hydrogens (tertiary/aromatic N) is 3. The zero-order chi connectivity index (χ0) is 17.3. The number of hydrogen-bond acceptors (Lipinski definition) is 4. The molecule has 0 aliphatic heterocycles. The fourth-order valence-corrected chi connectivity index (χ4v) is 3.01. The molecule has 1 aromatic heterocycles. The normalized spacial score (nSPS) is 15.9. The molecule has 6 nitrogen and oxygen atoms in total. The van der Waals surface area contributed by atoms with Crippen molar-refractivity contribution >= 4 is 17.6 Å². The highest BCUT2D eigenvalue weighted by Gasteiger charge is 2.55. The molecule has 0 saturated heterocycles. The predicted molar refractivity (Wildman–Crippen MR) is 86.1 cm³/mol. The second-order valence-corrected chi connectivity index (χ2v) is 6.44. The number of aliphatic hydroxyl groups is 1. The average Bonchev–Trinajstić information content (AvgIpc) is 3.02. The first-order valence-corrected chi connectivity index (χ1v) is 7.68. The highest BCUT2D eigenvalue weighted by molar-refractivity contribution is 6.30. The minimum absolute atomic E-state index is 0.469. The predicted octanol–water partition coefficient (Wildman–Crippen LogP) is 2.88. The monoisotopic (exact) mass is 337 g/mol. The van der Waals surface area contributed by atoms with E-state index in [4.69, 9.17) is 11.6 Å². The van der Waals surface area contributed by atoms with Gasteiger partial charge in [0, 0.05) is 5.02 Å². The molecule has 0 fully saturated rings. The van der Waals surface area contributed by atoms with E-state index in [1.54, 1.807) is 24.3 Å². The summed E-state index contributed by atoms with van der Waals surface area (Å²) in [5.74, 6) is -1.10. The highest BCUT2D eigenvalue weighted by atomic mass is 35.5. The van der Waals surface area contributed by atoms with Crippen molar-refractivity contribution < 1.29 is 15.0 Å². The van der Waals surface area contributed by atoms with Crippen LogP contribution in [0.15, 0.2) is 36.9 Å². The molecule has 2 rings (SSSR count). The van der Waals surface area contributed by atoms with Crippen LogP contribution in [0, 0.1) is 5.41 Å². The Hall–Kier alpha value is -1.92. The zero-order valence-corrected chi connectivity index (χ0v) is 14.0. The standard InChI is InChI=1S/C16H20ClN3O3/c1-4-13(20-10-18-9-19-20)16(23,15(2,3)14(21)22)11-5-7-12(17)8-6-11/h5-10,13,23H,4H2,1-3H3,(H,21,22). The molecule has 0 radical (unpaired) electrons. The van der Waals surface area contributed by atoms with E-state index in [9.17, 15) is 15.0 Å². The molecule has 0 bridgehead atoms. The Morgan fingerprint density at radius 1 is 1.35 bits per heavy atom. The lowest BCUT2D eigenvalue weighted by Gasteiger charge is -2.45. The number of halogens is 1. The summed E-state index contributed by atoms with van der Waals surface area (Å²) < 4.78 is 1.50. The van der Waals surface area contributed by atoms with Gasteiger partial charge in [-0.3, -0.25) is 4.79 Å². The van der Waals surface area contributed by atoms with Crippen LogP contribution in [0.4, 0.5) is 0 Å². The van der Waals surface area contributed by atoms with Gasteiger partial charge in [0.15, 0.2) is 0 Å². The maximum atomic E-state index is 11.9. The first-order chi connectivity index (χ1) is 10.7. The summed E-state index contributed by atoms with van der Waals surface area (Å²) in [7, 11) is 0. The fraction of sp³-hybridized carbons (Fsp3) is 0.438. The van der Waals surface area contributed by atoms with E-state index in [0.29, 0.717) is 17.0 Å². The van der Waals surface area contributed by atoms with Crippen molar-refractivity contribution in [1.82, 2.24) is 14.8 Å². The van der Waals surface area contributed by atoms with Gasteiger partial charge in [-0.25, -0.2) is 9.67 Å². The number of aromatic nitrogens is 3. The fourth-order valence-electron chi connectivity index (χ4n) is 2.89. The lowest BCUT2D eigenvalue weighted by Crippen LogP contribution is -2.52. The zero-order valence-electron chi connectivity index (χ0n) is 13.3. The van der Waals surface area contributed by atoms with Crippen molar-refractivity contribution in [3.63, 3.8) is 0 Å². The summed E-state index contributed by atoms with van der Waals surface area (Å²) in [4.78, 5) is 15.8. The van der Waals surface area contributed by atoms with Crippen LogP contribution in [0.5, 0.6) is 0 Å². The largest absolute Gasteiger partial charge is 0.481 e. The summed E-state index contributed by atoms with van der Waals surface area (Å²) in [5.41, 5.74) is -2.70. The molecule has 23 heavy (non-hydrogen) atoms. The van der Waals surface area contributed by atoms with Crippen LogP contribution in [0.1, 0.15) is 38.8 Å². The van der Waals surface area contributed by atoms with Crippen molar-refractivity contribution in [3.8, 4) is 0 Å². The Kier molecular flexibility index (Phi) is 4.77. The van der Waals surface area contributed by atoms with Crippen LogP contribution < -0.4 is 0 Å². The molecular weight excluding hydrogens is 318 g/mol. The Bertz CT molecular complexity index is 670. The Balaban J connectivity index is 2.68. The van der Waals surface area contributed by atoms with E-state index in [1.807, 2.05) is 6.92 Å². The average molecular weight is 338 g/mol. The van der Waals surface area contributed by atoms with Gasteiger partial charge in [0.25, 0.3) is 0 Å². The number of aliphatic carboxylic acids is 1. The minimum atomic E-state index is -1.70. The smallest absolute Gasteiger partial charge is 0.312 e. The van der Waals surface area contributed by atoms with Crippen molar-refractivity contribution in [2.45, 2.75) is 38.8 Å². The van der Waals surface area contributed by atoms with Crippen molar-refractivity contribution in [3.05, 3.63) is 47.5 Å². The second kappa shape index (κ2) is 6.29. The van der Waals surface area contributed by atoms with Crippen LogP contribution >= 0.6 is 11.6 Å². The third kappa shape index (κ3) is 2.84. The van der Waals surface area contributed by atoms with Gasteiger partial charge >= 0.3 is 5.97 Å². The maximum Gasteiger partial charge on any atom is 0.312 e. The number of hydrogen-bond donors (Lipinski definition) is 2. The molecule has 0 aliphatic rings. The lowest BCUT2D eigenvalue weighted by molar-refractivity contribution is -0.175. The lowest BCUT2D eigenvalue weighted by atomic mass is 9.66. The van der Waals surface area contributed by atoms with Gasteiger partial charge in [0.1, 0.15) is 18.3 Å². The van der Waals surface area contributed by atoms with Crippen molar-refractivity contribution in [1.29, 1.82) is 0 Å². The van der Waals surface area contributed by atoms with E-state index in [2.05, 4.69) is 10.1 Å².